The van der Waals surface area contributed by atoms with E-state index >= 15 is 0 Å². The fourth-order valence-corrected chi connectivity index (χ4v) is 2.91. The van der Waals surface area contributed by atoms with E-state index in [1.807, 2.05) is 11.3 Å². The normalized spacial score (nSPS) is 12.6. The Hall–Kier alpha value is -1.12. The molecule has 1 aromatic heterocycles. The summed E-state index contributed by atoms with van der Waals surface area (Å²) < 4.78 is 0. The number of benzene rings is 1. The summed E-state index contributed by atoms with van der Waals surface area (Å²) in [5, 5.41) is 5.75. The summed E-state index contributed by atoms with van der Waals surface area (Å²) in [6.07, 6.45) is 1.12. The fourth-order valence-electron chi connectivity index (χ4n) is 2.20. The molecule has 1 aromatic carbocycles. The topological polar surface area (TPSA) is 12.0 Å². The van der Waals surface area contributed by atoms with Crippen LogP contribution in [0.3, 0.4) is 0 Å². The molecule has 0 radical (unpaired) electrons. The van der Waals surface area contributed by atoms with Crippen molar-refractivity contribution in [3.63, 3.8) is 0 Å². The van der Waals surface area contributed by atoms with Crippen molar-refractivity contribution in [3.8, 4) is 0 Å². The lowest BCUT2D eigenvalue weighted by molar-refractivity contribution is 0.576. The van der Waals surface area contributed by atoms with Crippen molar-refractivity contribution in [3.05, 3.63) is 57.3 Å². The molecule has 0 saturated carbocycles. The third-order valence-electron chi connectivity index (χ3n) is 3.30. The van der Waals surface area contributed by atoms with Gasteiger partial charge in [0.05, 0.1) is 0 Å². The zero-order chi connectivity index (χ0) is 13.0. The van der Waals surface area contributed by atoms with Crippen molar-refractivity contribution in [2.24, 2.45) is 0 Å². The Kier molecular flexibility index (Phi) is 4.56. The molecule has 0 aliphatic rings. The number of hydrogen-bond acceptors (Lipinski definition) is 2. The molecular weight excluding hydrogens is 238 g/mol. The van der Waals surface area contributed by atoms with Crippen LogP contribution < -0.4 is 5.32 Å². The molecule has 1 N–H and O–H groups in total. The minimum atomic E-state index is 0.421. The van der Waals surface area contributed by atoms with Gasteiger partial charge in [0.1, 0.15) is 0 Å². The third-order valence-corrected chi connectivity index (χ3v) is 4.24. The molecule has 0 amide bonds. The highest BCUT2D eigenvalue weighted by atomic mass is 32.1. The molecule has 0 saturated heterocycles. The Balaban J connectivity index is 1.91. The summed E-state index contributed by atoms with van der Waals surface area (Å²) in [6.45, 7) is 7.62. The zero-order valence-corrected chi connectivity index (χ0v) is 12.2. The lowest BCUT2D eigenvalue weighted by atomic mass is 10.00. The first kappa shape index (κ1) is 13.3. The number of rotatable bonds is 5. The predicted octanol–water partition coefficient (Wildman–Crippen LogP) is 4.26. The van der Waals surface area contributed by atoms with Crippen LogP contribution in [0.5, 0.6) is 0 Å². The minimum absolute atomic E-state index is 0.421. The molecule has 2 rings (SSSR count). The summed E-state index contributed by atoms with van der Waals surface area (Å²) in [4.78, 5) is 1.45. The van der Waals surface area contributed by atoms with Crippen molar-refractivity contribution in [2.75, 3.05) is 6.54 Å². The fraction of sp³-hybridized carbons (Fsp3) is 0.375. The average Bonchev–Trinajstić information content (AvgIpc) is 2.85. The van der Waals surface area contributed by atoms with Gasteiger partial charge in [0.15, 0.2) is 0 Å². The highest BCUT2D eigenvalue weighted by Crippen LogP contribution is 2.19. The molecule has 1 nitrogen and oxygen atoms in total. The Labute approximate surface area is 114 Å². The quantitative estimate of drug-likeness (QED) is 0.846. The van der Waals surface area contributed by atoms with E-state index in [0.717, 1.165) is 13.0 Å². The molecular formula is C16H21NS. The smallest absolute Gasteiger partial charge is 0.0294 e. The minimum Gasteiger partial charge on any atom is -0.310 e. The van der Waals surface area contributed by atoms with E-state index in [4.69, 9.17) is 0 Å². The van der Waals surface area contributed by atoms with Crippen molar-refractivity contribution < 1.29 is 0 Å². The second-order valence-corrected chi connectivity index (χ2v) is 5.90. The van der Waals surface area contributed by atoms with Gasteiger partial charge in [0.25, 0.3) is 0 Å². The SMILES string of the molecule is Cc1ccc(C)c(C(C)NCCc2cccs2)c1. The monoisotopic (exact) mass is 259 g/mol. The van der Waals surface area contributed by atoms with E-state index in [1.54, 1.807) is 0 Å². The van der Waals surface area contributed by atoms with Gasteiger partial charge in [-0.25, -0.2) is 0 Å². The summed E-state index contributed by atoms with van der Waals surface area (Å²) in [5.74, 6) is 0. The maximum atomic E-state index is 3.61. The highest BCUT2D eigenvalue weighted by molar-refractivity contribution is 7.09. The van der Waals surface area contributed by atoms with E-state index in [2.05, 4.69) is 61.8 Å². The van der Waals surface area contributed by atoms with E-state index in [9.17, 15) is 0 Å². The van der Waals surface area contributed by atoms with Crippen molar-refractivity contribution >= 4 is 11.3 Å². The highest BCUT2D eigenvalue weighted by Gasteiger charge is 2.07. The Morgan fingerprint density at radius 2 is 2.06 bits per heavy atom. The van der Waals surface area contributed by atoms with Crippen molar-refractivity contribution in [1.29, 1.82) is 0 Å². The first-order valence-corrected chi connectivity index (χ1v) is 7.37. The number of hydrogen-bond donors (Lipinski definition) is 1. The second-order valence-electron chi connectivity index (χ2n) is 4.87. The van der Waals surface area contributed by atoms with Gasteiger partial charge < -0.3 is 5.32 Å². The van der Waals surface area contributed by atoms with E-state index < -0.39 is 0 Å². The van der Waals surface area contributed by atoms with E-state index in [1.165, 1.54) is 21.6 Å². The summed E-state index contributed by atoms with van der Waals surface area (Å²) in [5.41, 5.74) is 4.13. The van der Waals surface area contributed by atoms with Crippen LogP contribution >= 0.6 is 11.3 Å². The van der Waals surface area contributed by atoms with Gasteiger partial charge in [-0.3, -0.25) is 0 Å². The molecule has 1 heterocycles. The van der Waals surface area contributed by atoms with Crippen LogP contribution in [0.25, 0.3) is 0 Å². The number of aryl methyl sites for hydroxylation is 2. The number of nitrogens with one attached hydrogen (secondary N) is 1. The molecule has 0 bridgehead atoms. The standard InChI is InChI=1S/C16H21NS/c1-12-6-7-13(2)16(11-12)14(3)17-9-8-15-5-4-10-18-15/h4-7,10-11,14,17H,8-9H2,1-3H3. The Morgan fingerprint density at radius 1 is 1.22 bits per heavy atom. The molecule has 1 atom stereocenters. The maximum absolute atomic E-state index is 3.61. The summed E-state index contributed by atoms with van der Waals surface area (Å²) in [6, 6.07) is 11.4. The molecule has 1 unspecified atom stereocenters. The van der Waals surface area contributed by atoms with Gasteiger partial charge in [-0.1, -0.05) is 29.8 Å². The van der Waals surface area contributed by atoms with Gasteiger partial charge in [0, 0.05) is 17.5 Å². The maximum Gasteiger partial charge on any atom is 0.0294 e. The molecule has 0 aliphatic carbocycles. The molecule has 0 fully saturated rings. The third kappa shape index (κ3) is 3.44. The summed E-state index contributed by atoms with van der Waals surface area (Å²) >= 11 is 1.84. The average molecular weight is 259 g/mol. The summed E-state index contributed by atoms with van der Waals surface area (Å²) in [7, 11) is 0. The lowest BCUT2D eigenvalue weighted by Gasteiger charge is -2.17. The van der Waals surface area contributed by atoms with Crippen LogP contribution in [0.1, 0.15) is 34.5 Å². The molecule has 18 heavy (non-hydrogen) atoms. The van der Waals surface area contributed by atoms with Crippen LogP contribution in [0.15, 0.2) is 35.7 Å². The van der Waals surface area contributed by atoms with E-state index in [-0.39, 0.29) is 0 Å². The van der Waals surface area contributed by atoms with E-state index in [0.29, 0.717) is 6.04 Å². The van der Waals surface area contributed by atoms with Crippen LogP contribution in [0, 0.1) is 13.8 Å². The molecule has 2 heteroatoms. The van der Waals surface area contributed by atoms with Crippen LogP contribution in [-0.2, 0) is 6.42 Å². The Morgan fingerprint density at radius 3 is 2.78 bits per heavy atom. The van der Waals surface area contributed by atoms with Crippen molar-refractivity contribution in [2.45, 2.75) is 33.2 Å². The molecule has 0 spiro atoms. The molecule has 96 valence electrons. The molecule has 2 aromatic rings. The first-order chi connectivity index (χ1) is 8.66. The van der Waals surface area contributed by atoms with Crippen molar-refractivity contribution in [1.82, 2.24) is 5.32 Å². The first-order valence-electron chi connectivity index (χ1n) is 6.50. The van der Waals surface area contributed by atoms with Crippen LogP contribution in [-0.4, -0.2) is 6.54 Å². The van der Waals surface area contributed by atoms with Gasteiger partial charge >= 0.3 is 0 Å². The van der Waals surface area contributed by atoms with Gasteiger partial charge in [-0.15, -0.1) is 11.3 Å². The largest absolute Gasteiger partial charge is 0.310 e. The number of thiophene rings is 1. The molecule has 0 aliphatic heterocycles. The van der Waals surface area contributed by atoms with Gasteiger partial charge in [0.2, 0.25) is 0 Å². The van der Waals surface area contributed by atoms with Gasteiger partial charge in [-0.05, 0) is 49.8 Å². The van der Waals surface area contributed by atoms with Crippen LogP contribution in [0.4, 0.5) is 0 Å². The lowest BCUT2D eigenvalue weighted by Crippen LogP contribution is -2.21. The zero-order valence-electron chi connectivity index (χ0n) is 11.4. The predicted molar refractivity (Wildman–Crippen MR) is 80.4 cm³/mol. The van der Waals surface area contributed by atoms with Gasteiger partial charge in [-0.2, -0.15) is 0 Å². The second kappa shape index (κ2) is 6.17. The Bertz CT molecular complexity index is 488. The van der Waals surface area contributed by atoms with Crippen LogP contribution in [0.2, 0.25) is 0 Å².